The molecule has 2 rings (SSSR count). The first-order valence-electron chi connectivity index (χ1n) is 6.50. The second kappa shape index (κ2) is 5.75. The van der Waals surface area contributed by atoms with E-state index in [0.717, 1.165) is 31.5 Å². The van der Waals surface area contributed by atoms with E-state index >= 15 is 0 Å². The van der Waals surface area contributed by atoms with Gasteiger partial charge in [-0.2, -0.15) is 0 Å². The number of allylic oxidation sites excluding steroid dienone is 1. The molecule has 1 aliphatic heterocycles. The molecule has 0 spiro atoms. The molecule has 1 heterocycles. The van der Waals surface area contributed by atoms with Gasteiger partial charge in [0.1, 0.15) is 0 Å². The summed E-state index contributed by atoms with van der Waals surface area (Å²) in [6.07, 6.45) is 4.39. The number of hydrogen-bond acceptors (Lipinski definition) is 3. The van der Waals surface area contributed by atoms with Gasteiger partial charge in [-0.25, -0.2) is 12.7 Å². The van der Waals surface area contributed by atoms with Gasteiger partial charge in [0.15, 0.2) is 0 Å². The fourth-order valence-electron chi connectivity index (χ4n) is 2.19. The number of nitrogens with one attached hydrogen (secondary N) is 1. The van der Waals surface area contributed by atoms with Crippen molar-refractivity contribution >= 4 is 15.7 Å². The van der Waals surface area contributed by atoms with Crippen LogP contribution in [0.2, 0.25) is 0 Å². The number of fused-ring (bicyclic) bond motifs is 1. The van der Waals surface area contributed by atoms with Gasteiger partial charge in [-0.3, -0.25) is 0 Å². The zero-order valence-corrected chi connectivity index (χ0v) is 12.0. The van der Waals surface area contributed by atoms with E-state index in [-0.39, 0.29) is 0 Å². The van der Waals surface area contributed by atoms with E-state index < -0.39 is 10.0 Å². The second-order valence-electron chi connectivity index (χ2n) is 4.75. The van der Waals surface area contributed by atoms with Crippen molar-refractivity contribution in [3.8, 4) is 0 Å². The lowest BCUT2D eigenvalue weighted by Gasteiger charge is -2.17. The summed E-state index contributed by atoms with van der Waals surface area (Å²) in [5.41, 5.74) is 2.13. The van der Waals surface area contributed by atoms with E-state index in [1.54, 1.807) is 25.3 Å². The standard InChI is InChI=1S/C14H20N2O2S/c1-3-4-5-10-16(2)19(17,18)13-7-6-12-8-9-15-14(12)11-13/h3,6-7,11,15H,1,4-5,8-10H2,2H3. The maximum absolute atomic E-state index is 12.4. The van der Waals surface area contributed by atoms with Gasteiger partial charge in [-0.1, -0.05) is 12.1 Å². The van der Waals surface area contributed by atoms with Crippen LogP contribution >= 0.6 is 0 Å². The van der Waals surface area contributed by atoms with Gasteiger partial charge >= 0.3 is 0 Å². The van der Waals surface area contributed by atoms with E-state index in [1.807, 2.05) is 6.07 Å². The lowest BCUT2D eigenvalue weighted by molar-refractivity contribution is 0.463. The molecule has 0 saturated carbocycles. The highest BCUT2D eigenvalue weighted by molar-refractivity contribution is 7.89. The molecule has 1 aromatic carbocycles. The summed E-state index contributed by atoms with van der Waals surface area (Å²) in [7, 11) is -1.76. The Bertz CT molecular complexity index is 567. The fraction of sp³-hybridized carbons (Fsp3) is 0.429. The molecule has 0 radical (unpaired) electrons. The summed E-state index contributed by atoms with van der Waals surface area (Å²) in [4.78, 5) is 0.363. The predicted octanol–water partition coefficient (Wildman–Crippen LogP) is 2.24. The van der Waals surface area contributed by atoms with Crippen LogP contribution in [-0.4, -0.2) is 32.9 Å². The molecular weight excluding hydrogens is 260 g/mol. The van der Waals surface area contributed by atoms with Crippen molar-refractivity contribution in [3.63, 3.8) is 0 Å². The highest BCUT2D eigenvalue weighted by atomic mass is 32.2. The third-order valence-electron chi connectivity index (χ3n) is 3.38. The van der Waals surface area contributed by atoms with Gasteiger partial charge in [-0.05, 0) is 37.0 Å². The average Bonchev–Trinajstić information content (AvgIpc) is 2.85. The number of hydrogen-bond donors (Lipinski definition) is 1. The Morgan fingerprint density at radius 3 is 3.00 bits per heavy atom. The first-order chi connectivity index (χ1) is 9.05. The Morgan fingerprint density at radius 2 is 2.26 bits per heavy atom. The SMILES string of the molecule is C=CCCCN(C)S(=O)(=O)c1ccc2c(c1)NCC2. The van der Waals surface area contributed by atoms with Crippen LogP contribution in [0, 0.1) is 0 Å². The number of sulfonamides is 1. The maximum Gasteiger partial charge on any atom is 0.242 e. The van der Waals surface area contributed by atoms with Crippen LogP contribution < -0.4 is 5.32 Å². The topological polar surface area (TPSA) is 49.4 Å². The van der Waals surface area contributed by atoms with Crippen LogP contribution in [0.5, 0.6) is 0 Å². The van der Waals surface area contributed by atoms with Crippen molar-refractivity contribution in [2.45, 2.75) is 24.2 Å². The van der Waals surface area contributed by atoms with Crippen molar-refractivity contribution in [1.29, 1.82) is 0 Å². The van der Waals surface area contributed by atoms with Crippen LogP contribution in [0.4, 0.5) is 5.69 Å². The molecule has 5 heteroatoms. The molecule has 1 aliphatic rings. The van der Waals surface area contributed by atoms with E-state index in [4.69, 9.17) is 0 Å². The molecule has 0 aliphatic carbocycles. The quantitative estimate of drug-likeness (QED) is 0.642. The molecule has 0 amide bonds. The Morgan fingerprint density at radius 1 is 1.47 bits per heavy atom. The Balaban J connectivity index is 2.17. The Kier molecular flexibility index (Phi) is 4.27. The third kappa shape index (κ3) is 2.98. The molecule has 0 fully saturated rings. The monoisotopic (exact) mass is 280 g/mol. The maximum atomic E-state index is 12.4. The molecule has 104 valence electrons. The summed E-state index contributed by atoms with van der Waals surface area (Å²) in [6.45, 7) is 5.04. The van der Waals surface area contributed by atoms with Gasteiger partial charge in [0.25, 0.3) is 0 Å². The summed E-state index contributed by atoms with van der Waals surface area (Å²) >= 11 is 0. The lowest BCUT2D eigenvalue weighted by atomic mass is 10.2. The highest BCUT2D eigenvalue weighted by Gasteiger charge is 2.22. The molecule has 19 heavy (non-hydrogen) atoms. The van der Waals surface area contributed by atoms with E-state index in [0.29, 0.717) is 11.4 Å². The zero-order chi connectivity index (χ0) is 13.9. The molecule has 0 unspecified atom stereocenters. The van der Waals surface area contributed by atoms with Gasteiger partial charge in [0.2, 0.25) is 10.0 Å². The minimum Gasteiger partial charge on any atom is -0.384 e. The number of benzene rings is 1. The van der Waals surface area contributed by atoms with Crippen molar-refractivity contribution in [3.05, 3.63) is 36.4 Å². The first kappa shape index (κ1) is 14.1. The van der Waals surface area contributed by atoms with Crippen molar-refractivity contribution in [2.75, 3.05) is 25.5 Å². The minimum absolute atomic E-state index is 0.363. The number of nitrogens with zero attached hydrogens (tertiary/aromatic N) is 1. The lowest BCUT2D eigenvalue weighted by Crippen LogP contribution is -2.28. The average molecular weight is 280 g/mol. The second-order valence-corrected chi connectivity index (χ2v) is 6.80. The van der Waals surface area contributed by atoms with Crippen LogP contribution in [0.15, 0.2) is 35.7 Å². The van der Waals surface area contributed by atoms with Crippen LogP contribution in [0.1, 0.15) is 18.4 Å². The van der Waals surface area contributed by atoms with Gasteiger partial charge < -0.3 is 5.32 Å². The molecule has 1 N–H and O–H groups in total. The summed E-state index contributed by atoms with van der Waals surface area (Å²) in [5, 5.41) is 3.21. The Hall–Kier alpha value is -1.33. The zero-order valence-electron chi connectivity index (χ0n) is 11.2. The fourth-order valence-corrected chi connectivity index (χ4v) is 3.42. The minimum atomic E-state index is -3.38. The van der Waals surface area contributed by atoms with Crippen LogP contribution in [-0.2, 0) is 16.4 Å². The predicted molar refractivity (Wildman–Crippen MR) is 77.9 cm³/mol. The first-order valence-corrected chi connectivity index (χ1v) is 7.94. The third-order valence-corrected chi connectivity index (χ3v) is 5.23. The van der Waals surface area contributed by atoms with E-state index in [2.05, 4.69) is 11.9 Å². The van der Waals surface area contributed by atoms with Gasteiger partial charge in [0.05, 0.1) is 4.90 Å². The van der Waals surface area contributed by atoms with Crippen molar-refractivity contribution in [1.82, 2.24) is 4.31 Å². The molecule has 0 saturated heterocycles. The molecule has 0 aromatic heterocycles. The molecule has 0 bridgehead atoms. The number of anilines is 1. The summed E-state index contributed by atoms with van der Waals surface area (Å²) in [6, 6.07) is 5.34. The van der Waals surface area contributed by atoms with E-state index in [9.17, 15) is 8.42 Å². The van der Waals surface area contributed by atoms with Crippen molar-refractivity contribution < 1.29 is 8.42 Å². The number of rotatable bonds is 6. The Labute approximate surface area is 115 Å². The summed E-state index contributed by atoms with van der Waals surface area (Å²) in [5.74, 6) is 0. The smallest absolute Gasteiger partial charge is 0.242 e. The molecular formula is C14H20N2O2S. The molecule has 1 aromatic rings. The normalized spacial score (nSPS) is 14.2. The summed E-state index contributed by atoms with van der Waals surface area (Å²) < 4.78 is 26.2. The van der Waals surface area contributed by atoms with Gasteiger partial charge in [0, 0.05) is 25.8 Å². The largest absolute Gasteiger partial charge is 0.384 e. The highest BCUT2D eigenvalue weighted by Crippen LogP contribution is 2.26. The van der Waals surface area contributed by atoms with E-state index in [1.165, 1.54) is 9.87 Å². The molecule has 0 atom stereocenters. The van der Waals surface area contributed by atoms with Crippen LogP contribution in [0.3, 0.4) is 0 Å². The van der Waals surface area contributed by atoms with Crippen molar-refractivity contribution in [2.24, 2.45) is 0 Å². The van der Waals surface area contributed by atoms with Gasteiger partial charge in [-0.15, -0.1) is 6.58 Å². The van der Waals surface area contributed by atoms with Crippen LogP contribution in [0.25, 0.3) is 0 Å². The molecule has 4 nitrogen and oxygen atoms in total. The number of unbranched alkanes of at least 4 members (excludes halogenated alkanes) is 1.